The molecule has 0 radical (unpaired) electrons. The number of amides is 1. The van der Waals surface area contributed by atoms with Gasteiger partial charge in [-0.3, -0.25) is 9.59 Å². The number of nitrogens with one attached hydrogen (secondary N) is 2. The van der Waals surface area contributed by atoms with Gasteiger partial charge in [0.1, 0.15) is 5.52 Å². The maximum absolute atomic E-state index is 12.1. The average Bonchev–Trinajstić information content (AvgIpc) is 3.14. The van der Waals surface area contributed by atoms with Crippen LogP contribution in [0.15, 0.2) is 40.3 Å². The van der Waals surface area contributed by atoms with E-state index in [9.17, 15) is 9.59 Å². The van der Waals surface area contributed by atoms with Crippen molar-refractivity contribution in [2.75, 3.05) is 5.75 Å². The molecule has 2 aromatic heterocycles. The van der Waals surface area contributed by atoms with Gasteiger partial charge in [0, 0.05) is 11.6 Å². The molecule has 3 aromatic rings. The van der Waals surface area contributed by atoms with Gasteiger partial charge in [-0.25, -0.2) is 9.61 Å². The predicted molar refractivity (Wildman–Crippen MR) is 107 cm³/mol. The Balaban J connectivity index is 1.86. The molecule has 0 saturated carbocycles. The smallest absolute Gasteiger partial charge is 0.290 e. The highest BCUT2D eigenvalue weighted by Crippen LogP contribution is 2.22. The summed E-state index contributed by atoms with van der Waals surface area (Å²) in [7, 11) is 0. The number of nitrogens with zero attached hydrogens (tertiary/aromatic N) is 3. The fourth-order valence-electron chi connectivity index (χ4n) is 2.59. The number of aryl methyl sites for hydroxylation is 1. The molecule has 2 N–H and O–H groups in total. The second-order valence-corrected chi connectivity index (χ2v) is 7.32. The lowest BCUT2D eigenvalue weighted by Crippen LogP contribution is -2.33. The topological polar surface area (TPSA) is 92.1 Å². The van der Waals surface area contributed by atoms with Crippen molar-refractivity contribution in [2.24, 2.45) is 0 Å². The minimum Gasteiger partial charge on any atom is -0.353 e. The van der Waals surface area contributed by atoms with Crippen LogP contribution in [0.3, 0.4) is 0 Å². The molecule has 1 amide bonds. The number of carbonyl (C=O) groups excluding carboxylic acids is 1. The molecule has 0 fully saturated rings. The predicted octanol–water partition coefficient (Wildman–Crippen LogP) is 2.65. The van der Waals surface area contributed by atoms with Crippen molar-refractivity contribution in [2.45, 2.75) is 44.8 Å². The van der Waals surface area contributed by atoms with Gasteiger partial charge in [0.2, 0.25) is 11.1 Å². The number of carbonyl (C=O) groups is 1. The summed E-state index contributed by atoms with van der Waals surface area (Å²) >= 11 is 1.24. The van der Waals surface area contributed by atoms with Crippen molar-refractivity contribution in [3.63, 3.8) is 0 Å². The number of rotatable bonds is 7. The molecule has 142 valence electrons. The van der Waals surface area contributed by atoms with Crippen LogP contribution in [-0.2, 0) is 11.2 Å². The summed E-state index contributed by atoms with van der Waals surface area (Å²) in [6.07, 6.45) is 1.84. The van der Waals surface area contributed by atoms with E-state index in [4.69, 9.17) is 0 Å². The maximum atomic E-state index is 12.1. The van der Waals surface area contributed by atoms with Crippen molar-refractivity contribution in [1.82, 2.24) is 25.1 Å². The SMILES string of the molecule is CCc1ccc(-c2cc3c(=O)[nH]nc(SCC(=O)NC(C)CC)n3n2)cc1. The van der Waals surface area contributed by atoms with Crippen molar-refractivity contribution in [1.29, 1.82) is 0 Å². The molecule has 1 atom stereocenters. The second kappa shape index (κ2) is 8.39. The summed E-state index contributed by atoms with van der Waals surface area (Å²) in [4.78, 5) is 24.1. The highest BCUT2D eigenvalue weighted by molar-refractivity contribution is 7.99. The summed E-state index contributed by atoms with van der Waals surface area (Å²) in [5.41, 5.74) is 2.96. The number of hydrogen-bond donors (Lipinski definition) is 2. The zero-order chi connectivity index (χ0) is 19.4. The normalized spacial score (nSPS) is 12.3. The fraction of sp³-hybridized carbons (Fsp3) is 0.368. The van der Waals surface area contributed by atoms with E-state index in [1.807, 2.05) is 26.0 Å². The third-order valence-electron chi connectivity index (χ3n) is 4.39. The molecule has 0 aliphatic rings. The Morgan fingerprint density at radius 3 is 2.70 bits per heavy atom. The summed E-state index contributed by atoms with van der Waals surface area (Å²) in [6, 6.07) is 9.96. The molecule has 7 nitrogen and oxygen atoms in total. The number of aromatic nitrogens is 4. The van der Waals surface area contributed by atoms with Gasteiger partial charge < -0.3 is 5.32 Å². The van der Waals surface area contributed by atoms with E-state index >= 15 is 0 Å². The molecule has 1 aromatic carbocycles. The van der Waals surface area contributed by atoms with Crippen LogP contribution in [0.1, 0.15) is 32.8 Å². The Labute approximate surface area is 161 Å². The number of thioether (sulfide) groups is 1. The molecule has 0 aliphatic carbocycles. The molecule has 8 heteroatoms. The lowest BCUT2D eigenvalue weighted by molar-refractivity contribution is -0.119. The first kappa shape index (κ1) is 19.2. The summed E-state index contributed by atoms with van der Waals surface area (Å²) < 4.78 is 1.50. The standard InChI is InChI=1S/C19H23N5O2S/c1-4-12(3)20-17(25)11-27-19-22-21-18(26)16-10-15(23-24(16)19)14-8-6-13(5-2)7-9-14/h6-10,12H,4-5,11H2,1-3H3,(H,20,25)(H,21,26). The Morgan fingerprint density at radius 2 is 2.04 bits per heavy atom. The fourth-order valence-corrected chi connectivity index (χ4v) is 3.30. The summed E-state index contributed by atoms with van der Waals surface area (Å²) in [6.45, 7) is 6.08. The lowest BCUT2D eigenvalue weighted by atomic mass is 10.1. The number of hydrogen-bond acceptors (Lipinski definition) is 5. The van der Waals surface area contributed by atoms with Gasteiger partial charge in [-0.1, -0.05) is 49.9 Å². The first-order chi connectivity index (χ1) is 13.0. The van der Waals surface area contributed by atoms with E-state index in [-0.39, 0.29) is 23.3 Å². The maximum Gasteiger partial charge on any atom is 0.290 e. The van der Waals surface area contributed by atoms with Crippen LogP contribution in [0.25, 0.3) is 16.8 Å². The van der Waals surface area contributed by atoms with Crippen LogP contribution in [0.5, 0.6) is 0 Å². The first-order valence-corrected chi connectivity index (χ1v) is 10.00. The molecule has 0 spiro atoms. The molecule has 0 saturated heterocycles. The lowest BCUT2D eigenvalue weighted by Gasteiger charge is -2.10. The molecule has 3 rings (SSSR count). The van der Waals surface area contributed by atoms with Crippen LogP contribution < -0.4 is 10.9 Å². The van der Waals surface area contributed by atoms with Gasteiger partial charge in [-0.2, -0.15) is 5.10 Å². The Morgan fingerprint density at radius 1 is 1.30 bits per heavy atom. The van der Waals surface area contributed by atoms with Crippen LogP contribution in [-0.4, -0.2) is 37.5 Å². The molecule has 1 unspecified atom stereocenters. The quantitative estimate of drug-likeness (QED) is 0.610. The van der Waals surface area contributed by atoms with E-state index in [2.05, 4.69) is 39.7 Å². The third kappa shape index (κ3) is 4.39. The van der Waals surface area contributed by atoms with Crippen LogP contribution in [0.2, 0.25) is 0 Å². The molecular weight excluding hydrogens is 362 g/mol. The van der Waals surface area contributed by atoms with E-state index in [1.165, 1.54) is 21.8 Å². The van der Waals surface area contributed by atoms with E-state index < -0.39 is 0 Å². The number of aromatic amines is 1. The summed E-state index contributed by atoms with van der Waals surface area (Å²) in [5.74, 6) is 0.136. The van der Waals surface area contributed by atoms with Crippen LogP contribution in [0.4, 0.5) is 0 Å². The zero-order valence-corrected chi connectivity index (χ0v) is 16.5. The number of H-pyrrole nitrogens is 1. The van der Waals surface area contributed by atoms with Gasteiger partial charge in [-0.05, 0) is 31.4 Å². The first-order valence-electron chi connectivity index (χ1n) is 9.01. The number of benzene rings is 1. The minimum absolute atomic E-state index is 0.0713. The molecule has 0 bridgehead atoms. The van der Waals surface area contributed by atoms with Gasteiger partial charge >= 0.3 is 0 Å². The van der Waals surface area contributed by atoms with Crippen LogP contribution in [0, 0.1) is 0 Å². The van der Waals surface area contributed by atoms with Crippen molar-refractivity contribution in [3.8, 4) is 11.3 Å². The average molecular weight is 385 g/mol. The monoisotopic (exact) mass is 385 g/mol. The van der Waals surface area contributed by atoms with E-state index in [0.29, 0.717) is 16.4 Å². The van der Waals surface area contributed by atoms with Gasteiger partial charge in [0.25, 0.3) is 5.56 Å². The largest absolute Gasteiger partial charge is 0.353 e. The van der Waals surface area contributed by atoms with Gasteiger partial charge in [-0.15, -0.1) is 5.10 Å². The van der Waals surface area contributed by atoms with Gasteiger partial charge in [0.15, 0.2) is 0 Å². The third-order valence-corrected chi connectivity index (χ3v) is 5.32. The van der Waals surface area contributed by atoms with Gasteiger partial charge in [0.05, 0.1) is 11.4 Å². The number of fused-ring (bicyclic) bond motifs is 1. The minimum atomic E-state index is -0.313. The van der Waals surface area contributed by atoms with E-state index in [1.54, 1.807) is 6.07 Å². The second-order valence-electron chi connectivity index (χ2n) is 6.38. The molecule has 0 aliphatic heterocycles. The van der Waals surface area contributed by atoms with E-state index in [0.717, 1.165) is 18.4 Å². The Hall–Kier alpha value is -2.61. The zero-order valence-electron chi connectivity index (χ0n) is 15.7. The van der Waals surface area contributed by atoms with Crippen molar-refractivity contribution >= 4 is 23.2 Å². The Bertz CT molecular complexity index is 993. The highest BCUT2D eigenvalue weighted by Gasteiger charge is 2.14. The van der Waals surface area contributed by atoms with Crippen molar-refractivity contribution in [3.05, 3.63) is 46.2 Å². The van der Waals surface area contributed by atoms with Crippen molar-refractivity contribution < 1.29 is 4.79 Å². The molecule has 2 heterocycles. The van der Waals surface area contributed by atoms with Crippen LogP contribution >= 0.6 is 11.8 Å². The highest BCUT2D eigenvalue weighted by atomic mass is 32.2. The summed E-state index contributed by atoms with van der Waals surface area (Å²) in [5, 5.41) is 14.5. The Kier molecular flexibility index (Phi) is 5.95. The molecule has 27 heavy (non-hydrogen) atoms. The molecular formula is C19H23N5O2S.